The number of nitro benzene ring substituents is 1. The van der Waals surface area contributed by atoms with E-state index in [1.165, 1.54) is 17.8 Å². The van der Waals surface area contributed by atoms with Crippen molar-refractivity contribution in [1.29, 1.82) is 0 Å². The molecular formula is C17H21N5O2. The molecule has 4 aliphatic heterocycles. The van der Waals surface area contributed by atoms with Gasteiger partial charge in [0, 0.05) is 62.7 Å². The molecule has 24 heavy (non-hydrogen) atoms. The molecule has 4 heterocycles. The van der Waals surface area contributed by atoms with Crippen LogP contribution in [0.4, 0.5) is 5.69 Å². The Morgan fingerprint density at radius 3 is 2.38 bits per heavy atom. The molecule has 0 radical (unpaired) electrons. The van der Waals surface area contributed by atoms with Crippen molar-refractivity contribution in [2.24, 2.45) is 21.5 Å². The number of rotatable bonds is 3. The molecule has 0 spiro atoms. The van der Waals surface area contributed by atoms with Gasteiger partial charge < -0.3 is 9.80 Å². The normalized spacial score (nSPS) is 36.4. The zero-order chi connectivity index (χ0) is 16.7. The van der Waals surface area contributed by atoms with Crippen LogP contribution in [-0.4, -0.2) is 65.9 Å². The Labute approximate surface area is 140 Å². The first-order valence-electron chi connectivity index (χ1n) is 8.34. The molecule has 1 aromatic carbocycles. The van der Waals surface area contributed by atoms with E-state index in [9.17, 15) is 10.1 Å². The van der Waals surface area contributed by atoms with Gasteiger partial charge in [0.1, 0.15) is 0 Å². The van der Waals surface area contributed by atoms with Crippen LogP contribution in [0.1, 0.15) is 12.5 Å². The van der Waals surface area contributed by atoms with Gasteiger partial charge in [-0.2, -0.15) is 10.2 Å². The Kier molecular flexibility index (Phi) is 3.69. The number of hydrogen-bond donors (Lipinski definition) is 0. The second-order valence-electron chi connectivity index (χ2n) is 7.31. The molecule has 2 atom stereocenters. The van der Waals surface area contributed by atoms with Crippen molar-refractivity contribution in [2.45, 2.75) is 6.92 Å². The zero-order valence-corrected chi connectivity index (χ0v) is 13.8. The SMILES string of the molecule is CC12CN3CCN(CC(C3)/C1=N\N=C/c1ccc([N+](=O)[O-])cc1)C2. The van der Waals surface area contributed by atoms with Crippen LogP contribution in [0, 0.1) is 21.4 Å². The van der Waals surface area contributed by atoms with E-state index in [2.05, 4.69) is 26.9 Å². The molecule has 5 rings (SSSR count). The molecule has 2 unspecified atom stereocenters. The second-order valence-corrected chi connectivity index (χ2v) is 7.31. The van der Waals surface area contributed by atoms with Gasteiger partial charge in [0.15, 0.2) is 0 Å². The van der Waals surface area contributed by atoms with Crippen LogP contribution in [0.25, 0.3) is 0 Å². The molecule has 0 saturated carbocycles. The minimum atomic E-state index is -0.399. The summed E-state index contributed by atoms with van der Waals surface area (Å²) in [5.74, 6) is 0.467. The third-order valence-corrected chi connectivity index (χ3v) is 5.32. The lowest BCUT2D eigenvalue weighted by Crippen LogP contribution is -2.59. The fourth-order valence-corrected chi connectivity index (χ4v) is 4.34. The first-order chi connectivity index (χ1) is 11.5. The average molecular weight is 327 g/mol. The number of nitrogens with zero attached hydrogens (tertiary/aromatic N) is 5. The van der Waals surface area contributed by atoms with Crippen LogP contribution in [0.2, 0.25) is 0 Å². The number of nitro groups is 1. The van der Waals surface area contributed by atoms with Crippen molar-refractivity contribution in [3.05, 3.63) is 39.9 Å². The number of hydrogen-bond acceptors (Lipinski definition) is 6. The fraction of sp³-hybridized carbons (Fsp3) is 0.529. The van der Waals surface area contributed by atoms with E-state index in [1.54, 1.807) is 18.3 Å². The van der Waals surface area contributed by atoms with E-state index < -0.39 is 4.92 Å². The van der Waals surface area contributed by atoms with E-state index in [1.807, 2.05) is 0 Å². The van der Waals surface area contributed by atoms with Gasteiger partial charge in [-0.15, -0.1) is 0 Å². The minimum Gasteiger partial charge on any atom is -0.300 e. The lowest BCUT2D eigenvalue weighted by Gasteiger charge is -2.48. The molecule has 4 saturated heterocycles. The van der Waals surface area contributed by atoms with E-state index in [0.717, 1.165) is 44.8 Å². The van der Waals surface area contributed by atoms with Crippen LogP contribution >= 0.6 is 0 Å². The van der Waals surface area contributed by atoms with Crippen molar-refractivity contribution in [1.82, 2.24) is 9.80 Å². The summed E-state index contributed by atoms with van der Waals surface area (Å²) in [7, 11) is 0. The molecule has 0 aromatic heterocycles. The predicted octanol–water partition coefficient (Wildman–Crippen LogP) is 1.64. The van der Waals surface area contributed by atoms with Gasteiger partial charge in [-0.1, -0.05) is 6.92 Å². The zero-order valence-electron chi connectivity index (χ0n) is 13.8. The van der Waals surface area contributed by atoms with E-state index in [-0.39, 0.29) is 11.1 Å². The number of benzene rings is 1. The van der Waals surface area contributed by atoms with Crippen LogP contribution in [0.5, 0.6) is 0 Å². The highest BCUT2D eigenvalue weighted by atomic mass is 16.6. The highest BCUT2D eigenvalue weighted by Gasteiger charge is 2.49. The largest absolute Gasteiger partial charge is 0.300 e. The maximum Gasteiger partial charge on any atom is 0.269 e. The smallest absolute Gasteiger partial charge is 0.269 e. The van der Waals surface area contributed by atoms with E-state index >= 15 is 0 Å². The Hall–Kier alpha value is -2.12. The molecule has 4 aliphatic rings. The maximum atomic E-state index is 10.7. The highest BCUT2D eigenvalue weighted by molar-refractivity contribution is 5.95. The van der Waals surface area contributed by atoms with Crippen molar-refractivity contribution in [3.63, 3.8) is 0 Å². The van der Waals surface area contributed by atoms with Gasteiger partial charge >= 0.3 is 0 Å². The Bertz CT molecular complexity index is 696. The Morgan fingerprint density at radius 1 is 1.21 bits per heavy atom. The number of piperidine rings is 2. The average Bonchev–Trinajstić information content (AvgIpc) is 2.77. The third kappa shape index (κ3) is 2.74. The first-order valence-corrected chi connectivity index (χ1v) is 8.34. The summed E-state index contributed by atoms with van der Waals surface area (Å²) in [6.07, 6.45) is 1.68. The van der Waals surface area contributed by atoms with Gasteiger partial charge in [0.05, 0.1) is 16.8 Å². The van der Waals surface area contributed by atoms with Crippen molar-refractivity contribution >= 4 is 17.6 Å². The summed E-state index contributed by atoms with van der Waals surface area (Å²) in [6, 6.07) is 6.37. The Balaban J connectivity index is 1.54. The lowest BCUT2D eigenvalue weighted by atomic mass is 9.72. The fourth-order valence-electron chi connectivity index (χ4n) is 4.34. The molecule has 0 N–H and O–H groups in total. The maximum absolute atomic E-state index is 10.7. The molecule has 7 nitrogen and oxygen atoms in total. The standard InChI is InChI=1S/C17H21N5O2/c1-17-11-20-6-7-21(12-17)10-14(9-20)16(17)19-18-8-13-2-4-15(5-3-13)22(23)24/h2-5,8,14H,6-7,9-12H2,1H3/b18-8-,19-16+. The van der Waals surface area contributed by atoms with E-state index in [0.29, 0.717) is 5.92 Å². The summed E-state index contributed by atoms with van der Waals surface area (Å²) in [4.78, 5) is 15.4. The van der Waals surface area contributed by atoms with E-state index in [4.69, 9.17) is 0 Å². The lowest BCUT2D eigenvalue weighted by molar-refractivity contribution is -0.384. The van der Waals surface area contributed by atoms with Gasteiger partial charge in [0.2, 0.25) is 0 Å². The van der Waals surface area contributed by atoms with Crippen molar-refractivity contribution in [2.75, 3.05) is 39.3 Å². The molecule has 0 aliphatic carbocycles. The van der Waals surface area contributed by atoms with Gasteiger partial charge in [0.25, 0.3) is 5.69 Å². The summed E-state index contributed by atoms with van der Waals surface area (Å²) < 4.78 is 0. The summed E-state index contributed by atoms with van der Waals surface area (Å²) in [6.45, 7) is 8.90. The Morgan fingerprint density at radius 2 is 1.83 bits per heavy atom. The van der Waals surface area contributed by atoms with Crippen LogP contribution in [0.15, 0.2) is 34.5 Å². The summed E-state index contributed by atoms with van der Waals surface area (Å²) >= 11 is 0. The van der Waals surface area contributed by atoms with Crippen LogP contribution in [0.3, 0.4) is 0 Å². The molecule has 126 valence electrons. The quantitative estimate of drug-likeness (QED) is 0.480. The molecule has 0 amide bonds. The minimum absolute atomic E-state index is 0.0878. The van der Waals surface area contributed by atoms with Crippen molar-refractivity contribution in [3.8, 4) is 0 Å². The number of non-ortho nitro benzene ring substituents is 1. The van der Waals surface area contributed by atoms with Gasteiger partial charge in [-0.25, -0.2) is 0 Å². The molecule has 1 aromatic rings. The number of fused-ring (bicyclic) bond motifs is 1. The predicted molar refractivity (Wildman–Crippen MR) is 92.6 cm³/mol. The third-order valence-electron chi connectivity index (χ3n) is 5.32. The van der Waals surface area contributed by atoms with Crippen LogP contribution < -0.4 is 0 Å². The highest BCUT2D eigenvalue weighted by Crippen LogP contribution is 2.38. The van der Waals surface area contributed by atoms with Crippen molar-refractivity contribution < 1.29 is 4.92 Å². The monoisotopic (exact) mass is 327 g/mol. The molecular weight excluding hydrogens is 306 g/mol. The van der Waals surface area contributed by atoms with Crippen LogP contribution in [-0.2, 0) is 0 Å². The molecule has 7 heteroatoms. The molecule has 4 bridgehead atoms. The second kappa shape index (κ2) is 5.75. The topological polar surface area (TPSA) is 74.3 Å². The summed E-state index contributed by atoms with van der Waals surface area (Å²) in [5, 5.41) is 19.6. The van der Waals surface area contributed by atoms with Gasteiger partial charge in [-0.3, -0.25) is 10.1 Å². The van der Waals surface area contributed by atoms with Gasteiger partial charge in [-0.05, 0) is 17.7 Å². The molecule has 4 fully saturated rings. The first kappa shape index (κ1) is 15.4. The summed E-state index contributed by atoms with van der Waals surface area (Å²) in [5.41, 5.74) is 2.22.